The highest BCUT2D eigenvalue weighted by Crippen LogP contribution is 2.45. The fourth-order valence-electron chi connectivity index (χ4n) is 6.51. The van der Waals surface area contributed by atoms with Crippen molar-refractivity contribution in [1.82, 2.24) is 15.1 Å². The van der Waals surface area contributed by atoms with Gasteiger partial charge in [-0.25, -0.2) is 22.7 Å². The number of ether oxygens (including phenoxy) is 6. The average Bonchev–Trinajstić information content (AvgIpc) is 3.59. The lowest BCUT2D eigenvalue weighted by molar-refractivity contribution is -0.198. The van der Waals surface area contributed by atoms with Crippen molar-refractivity contribution in [2.75, 3.05) is 98.6 Å². The topological polar surface area (TPSA) is 349 Å². The van der Waals surface area contributed by atoms with Gasteiger partial charge in [-0.15, -0.1) is 5.06 Å². The van der Waals surface area contributed by atoms with E-state index >= 15 is 0 Å². The maximum absolute atomic E-state index is 13.9. The van der Waals surface area contributed by atoms with E-state index in [1.54, 1.807) is 0 Å². The van der Waals surface area contributed by atoms with Gasteiger partial charge in [-0.1, -0.05) is 6.07 Å². The smallest absolute Gasteiger partial charge is 0.336 e. The molecule has 0 aromatic heterocycles. The van der Waals surface area contributed by atoms with Crippen LogP contribution in [0.4, 0.5) is 5.69 Å². The zero-order chi connectivity index (χ0) is 48.7. The van der Waals surface area contributed by atoms with Crippen LogP contribution >= 0.6 is 0 Å². The lowest BCUT2D eigenvalue weighted by Crippen LogP contribution is -2.32. The third-order valence-corrected chi connectivity index (χ3v) is 12.0. The molecule has 3 aliphatic rings. The summed E-state index contributed by atoms with van der Waals surface area (Å²) in [6.07, 6.45) is -0.185. The first-order chi connectivity index (χ1) is 32.0. The minimum atomic E-state index is -5.22. The molecule has 2 aromatic rings. The third kappa shape index (κ3) is 13.8. The summed E-state index contributed by atoms with van der Waals surface area (Å²) < 4.78 is 104. The normalized spacial score (nSPS) is 13.2. The highest BCUT2D eigenvalue weighted by molar-refractivity contribution is 7.90. The predicted octanol–water partition coefficient (Wildman–Crippen LogP) is 0.946. The second kappa shape index (κ2) is 24.2. The molecule has 0 saturated carbocycles. The zero-order valence-corrected chi connectivity index (χ0v) is 37.7. The number of carbonyl (C=O) groups is 5. The number of nitrogens with two attached hydrogens (primary N) is 1. The van der Waals surface area contributed by atoms with Crippen LogP contribution in [0.15, 0.2) is 56.7 Å². The first kappa shape index (κ1) is 52.0. The Labute approximate surface area is 383 Å². The largest absolute Gasteiger partial charge is 0.478 e. The molecule has 0 atom stereocenters. The van der Waals surface area contributed by atoms with Crippen LogP contribution < -0.4 is 21.1 Å². The Hall–Kier alpha value is -5.94. The van der Waals surface area contributed by atoms with Crippen LogP contribution in [-0.4, -0.2) is 154 Å². The first-order valence-corrected chi connectivity index (χ1v) is 23.3. The molecule has 1 saturated heterocycles. The van der Waals surface area contributed by atoms with Gasteiger partial charge < -0.3 is 53.8 Å². The van der Waals surface area contributed by atoms with E-state index in [0.717, 1.165) is 12.1 Å². The van der Waals surface area contributed by atoms with E-state index in [1.807, 2.05) is 0 Å². The maximum Gasteiger partial charge on any atom is 0.336 e. The van der Waals surface area contributed by atoms with Gasteiger partial charge in [0.2, 0.25) is 10.0 Å². The molecule has 0 radical (unpaired) electrons. The molecule has 3 amide bonds. The number of aromatic carboxylic acids is 1. The van der Waals surface area contributed by atoms with Crippen LogP contribution in [0.2, 0.25) is 0 Å². The number of anilines is 1. The molecule has 0 unspecified atom stereocenters. The number of fused-ring (bicyclic) bond motifs is 2. The third-order valence-electron chi connectivity index (χ3n) is 9.57. The van der Waals surface area contributed by atoms with Gasteiger partial charge in [0.05, 0.1) is 95.7 Å². The Bertz CT molecular complexity index is 2690. The van der Waals surface area contributed by atoms with Gasteiger partial charge in [-0.05, 0) is 42.0 Å². The van der Waals surface area contributed by atoms with Gasteiger partial charge in [0, 0.05) is 55.1 Å². The molecule has 2 aromatic carbocycles. The number of rotatable bonds is 28. The van der Waals surface area contributed by atoms with Crippen LogP contribution in [0.25, 0.3) is 33.4 Å². The van der Waals surface area contributed by atoms with E-state index in [4.69, 9.17) is 48.8 Å². The summed E-state index contributed by atoms with van der Waals surface area (Å²) in [5, 5.41) is 21.0. The van der Waals surface area contributed by atoms with Crippen LogP contribution in [-0.2, 0) is 67.8 Å². The lowest BCUT2D eigenvalue weighted by Gasteiger charge is -2.21. The number of hydrogen-bond donors (Lipinski definition) is 6. The number of hydrogen-bond acceptors (Lipinski definition) is 19. The van der Waals surface area contributed by atoms with Gasteiger partial charge in [-0.2, -0.15) is 8.42 Å². The summed E-state index contributed by atoms with van der Waals surface area (Å²) >= 11 is 0. The van der Waals surface area contributed by atoms with E-state index in [-0.39, 0.29) is 132 Å². The van der Waals surface area contributed by atoms with E-state index in [0.29, 0.717) is 11.7 Å². The average molecular weight is 980 g/mol. The van der Waals surface area contributed by atoms with Crippen molar-refractivity contribution in [3.8, 4) is 22.5 Å². The number of amides is 3. The summed E-state index contributed by atoms with van der Waals surface area (Å²) in [5.74, 6) is -4.76. The number of imide groups is 1. The fraction of sp³-hybridized carbons (Fsp3) is 0.415. The molecule has 26 heteroatoms. The molecule has 0 spiro atoms. The van der Waals surface area contributed by atoms with Gasteiger partial charge in [0.25, 0.3) is 27.8 Å². The molecule has 1 fully saturated rings. The number of carboxylic acids is 1. The quantitative estimate of drug-likeness (QED) is 0.0152. The number of sulfonamides is 1. The molecule has 2 heterocycles. The predicted molar refractivity (Wildman–Crippen MR) is 231 cm³/mol. The minimum Gasteiger partial charge on any atom is -0.478 e. The number of nitrogen functional groups attached to an aromatic ring is 1. The first-order valence-electron chi connectivity index (χ1n) is 20.4. The monoisotopic (exact) mass is 979 g/mol. The van der Waals surface area contributed by atoms with E-state index in [1.165, 1.54) is 37.4 Å². The SMILES string of the molecule is COCCOCCNC(=O)c1ccc(-c2c3ccc(=N)c(S(=O)(=O)O)c-3oc3c(S(=O)(=O)NCCOCCOCCOCCOCCC(=O)ON4C(=O)CCC4=O)c(N)ccc23)c(C(=O)O)c1. The zero-order valence-electron chi connectivity index (χ0n) is 36.0. The summed E-state index contributed by atoms with van der Waals surface area (Å²) in [5.41, 5.74) is 4.47. The van der Waals surface area contributed by atoms with Gasteiger partial charge in [-0.3, -0.25) is 24.3 Å². The number of nitrogens with zero attached hydrogens (tertiary/aromatic N) is 1. The van der Waals surface area contributed by atoms with Gasteiger partial charge in [0.1, 0.15) is 4.90 Å². The number of benzene rings is 3. The molecule has 7 N–H and O–H groups in total. The molecule has 5 rings (SSSR count). The standard InChI is InChI=1S/C41H49N5O19S2/c1-58-16-17-60-14-11-44-40(50)25-2-3-26(29(24-25)41(51)52)35-27-4-6-30(42)38(36(27)64-37-28(35)5-7-31(43)39(37)67(55,56)57)66(53,54)45-12-15-61-19-21-63-23-22-62-20-18-59-13-10-34(49)65-46-32(47)8-9-33(46)48/h2-7,24,43,45H,8-23,42H2,1H3,(H,44,50)(H,51,52)(H,55,56,57). The van der Waals surface area contributed by atoms with Crippen molar-refractivity contribution >= 4 is 66.5 Å². The highest BCUT2D eigenvalue weighted by atomic mass is 32.2. The van der Waals surface area contributed by atoms with Gasteiger partial charge >= 0.3 is 11.9 Å². The molecule has 0 bridgehead atoms. The Morgan fingerprint density at radius 2 is 1.36 bits per heavy atom. The van der Waals surface area contributed by atoms with E-state index in [9.17, 15) is 50.5 Å². The number of hydroxylamine groups is 2. The molecule has 364 valence electrons. The van der Waals surface area contributed by atoms with Crippen molar-refractivity contribution < 1.29 is 88.1 Å². The van der Waals surface area contributed by atoms with Crippen LogP contribution in [0.3, 0.4) is 0 Å². The molecule has 67 heavy (non-hydrogen) atoms. The summed E-state index contributed by atoms with van der Waals surface area (Å²) in [7, 11) is -8.35. The number of methoxy groups -OCH3 is 1. The minimum absolute atomic E-state index is 0.00584. The van der Waals surface area contributed by atoms with Crippen molar-refractivity contribution in [3.05, 3.63) is 58.9 Å². The Morgan fingerprint density at radius 1 is 0.776 bits per heavy atom. The van der Waals surface area contributed by atoms with Crippen molar-refractivity contribution in [2.24, 2.45) is 0 Å². The van der Waals surface area contributed by atoms with Crippen LogP contribution in [0, 0.1) is 5.41 Å². The summed E-state index contributed by atoms with van der Waals surface area (Å²) in [6, 6.07) is 8.48. The second-order valence-corrected chi connectivity index (χ2v) is 17.3. The Kier molecular flexibility index (Phi) is 18.8. The molecule has 24 nitrogen and oxygen atoms in total. The number of nitrogens with one attached hydrogen (secondary N) is 3. The molecular formula is C41H49N5O19S2. The van der Waals surface area contributed by atoms with Crippen molar-refractivity contribution in [1.29, 1.82) is 5.41 Å². The van der Waals surface area contributed by atoms with Crippen LogP contribution in [0.1, 0.15) is 40.0 Å². The Morgan fingerprint density at radius 3 is 1.97 bits per heavy atom. The highest BCUT2D eigenvalue weighted by Gasteiger charge is 2.34. The lowest BCUT2D eigenvalue weighted by atomic mass is 9.89. The van der Waals surface area contributed by atoms with Crippen LogP contribution in [0.5, 0.6) is 0 Å². The summed E-state index contributed by atoms with van der Waals surface area (Å²) in [4.78, 5) is 63.7. The fourth-order valence-corrected chi connectivity index (χ4v) is 8.52. The molecular weight excluding hydrogens is 931 g/mol. The van der Waals surface area contributed by atoms with E-state index in [2.05, 4.69) is 10.0 Å². The van der Waals surface area contributed by atoms with E-state index < -0.39 is 81.9 Å². The second-order valence-electron chi connectivity index (χ2n) is 14.2. The molecule has 1 aliphatic carbocycles. The number of carbonyl (C=O) groups excluding carboxylic acids is 4. The van der Waals surface area contributed by atoms with Crippen molar-refractivity contribution in [3.63, 3.8) is 0 Å². The maximum atomic E-state index is 13.9. The van der Waals surface area contributed by atoms with Crippen molar-refractivity contribution in [2.45, 2.75) is 29.1 Å². The Balaban J connectivity index is 1.22. The molecule has 2 aliphatic heterocycles. The van der Waals surface area contributed by atoms with Gasteiger partial charge in [0.15, 0.2) is 16.2 Å². The summed E-state index contributed by atoms with van der Waals surface area (Å²) in [6.45, 7) is 1.28. The number of carboxylic acid groups (broad SMARTS) is 1.